The van der Waals surface area contributed by atoms with Crippen LogP contribution in [0.1, 0.15) is 16.7 Å². The van der Waals surface area contributed by atoms with Crippen molar-refractivity contribution in [3.8, 4) is 55.9 Å². The zero-order chi connectivity index (χ0) is 36.1. The van der Waals surface area contributed by atoms with Crippen molar-refractivity contribution in [2.75, 3.05) is 0 Å². The average Bonchev–Trinajstić information content (AvgIpc) is 3.22. The van der Waals surface area contributed by atoms with Gasteiger partial charge >= 0.3 is 0 Å². The standard InChI is InChI=1S/C37H27N4.C11H8N.Ir/c1-23-11-13-41-36(14-23)28-7-4-6-27(16-28)32-18-33(25(3)15-24(32)2)35-19-37-31(8-5-12-40-37)30-10-9-26(17-34(30)35)29-20-38-22-39-21-29;1-2-6-10(7-3-1)11-8-4-5-9-12-11;/h4-6,8-22H,1-3H3;1-6,8-9H;/q2*-1;. The third kappa shape index (κ3) is 7.62. The molecule has 54 heavy (non-hydrogen) atoms. The predicted molar refractivity (Wildman–Crippen MR) is 216 cm³/mol. The molecule has 0 saturated carbocycles. The van der Waals surface area contributed by atoms with Gasteiger partial charge in [0, 0.05) is 62.0 Å². The maximum absolute atomic E-state index is 4.75. The van der Waals surface area contributed by atoms with Gasteiger partial charge in [-0.2, -0.15) is 0 Å². The van der Waals surface area contributed by atoms with Crippen molar-refractivity contribution in [2.45, 2.75) is 20.8 Å². The molecule has 0 bridgehead atoms. The number of hydrogen-bond donors (Lipinski definition) is 0. The van der Waals surface area contributed by atoms with E-state index in [1.54, 1.807) is 12.5 Å². The fourth-order valence-electron chi connectivity index (χ4n) is 6.82. The Kier molecular flexibility index (Phi) is 10.9. The molecule has 0 atom stereocenters. The summed E-state index contributed by atoms with van der Waals surface area (Å²) in [4.78, 5) is 22.1. The van der Waals surface area contributed by atoms with E-state index in [1.807, 2.05) is 85.5 Å². The molecule has 9 aromatic rings. The molecule has 4 heterocycles. The maximum Gasteiger partial charge on any atom is 0.115 e. The molecule has 1 radical (unpaired) electrons. The van der Waals surface area contributed by atoms with Gasteiger partial charge in [0.2, 0.25) is 0 Å². The minimum Gasteiger partial charge on any atom is -0.305 e. The Hall–Kier alpha value is -6.20. The van der Waals surface area contributed by atoms with Gasteiger partial charge in [0.05, 0.1) is 5.52 Å². The molecule has 4 aromatic heterocycles. The topological polar surface area (TPSA) is 64.5 Å². The van der Waals surface area contributed by atoms with Crippen molar-refractivity contribution in [2.24, 2.45) is 0 Å². The Morgan fingerprint density at radius 1 is 0.463 bits per heavy atom. The summed E-state index contributed by atoms with van der Waals surface area (Å²) >= 11 is 0. The number of aryl methyl sites for hydroxylation is 3. The smallest absolute Gasteiger partial charge is 0.115 e. The van der Waals surface area contributed by atoms with E-state index in [0.717, 1.165) is 55.7 Å². The molecule has 5 nitrogen and oxygen atoms in total. The average molecular weight is 874 g/mol. The van der Waals surface area contributed by atoms with Crippen LogP contribution < -0.4 is 0 Å². The molecule has 0 aliphatic heterocycles. The molecule has 0 spiro atoms. The first-order valence-corrected chi connectivity index (χ1v) is 17.5. The summed E-state index contributed by atoms with van der Waals surface area (Å²) < 4.78 is 0. The van der Waals surface area contributed by atoms with Crippen LogP contribution in [0.5, 0.6) is 0 Å². The summed E-state index contributed by atoms with van der Waals surface area (Å²) in [6.45, 7) is 6.46. The summed E-state index contributed by atoms with van der Waals surface area (Å²) in [5, 5.41) is 3.49. The molecule has 0 unspecified atom stereocenters. The molecule has 0 aliphatic rings. The zero-order valence-corrected chi connectivity index (χ0v) is 32.5. The number of hydrogen-bond acceptors (Lipinski definition) is 5. The van der Waals surface area contributed by atoms with Crippen molar-refractivity contribution in [3.63, 3.8) is 0 Å². The van der Waals surface area contributed by atoms with E-state index in [2.05, 4.69) is 114 Å². The maximum atomic E-state index is 4.75. The number of aromatic nitrogens is 5. The van der Waals surface area contributed by atoms with E-state index in [-0.39, 0.29) is 20.1 Å². The van der Waals surface area contributed by atoms with Crippen molar-refractivity contribution in [3.05, 3.63) is 187 Å². The largest absolute Gasteiger partial charge is 0.305 e. The fraction of sp³-hybridized carbons (Fsp3) is 0.0625. The van der Waals surface area contributed by atoms with Crippen LogP contribution >= 0.6 is 0 Å². The first-order valence-electron chi connectivity index (χ1n) is 17.5. The Labute approximate surface area is 329 Å². The molecular formula is C48H35IrN5-2. The van der Waals surface area contributed by atoms with Crippen LogP contribution in [-0.4, -0.2) is 24.9 Å². The van der Waals surface area contributed by atoms with Gasteiger partial charge in [-0.15, -0.1) is 71.3 Å². The molecule has 9 rings (SSSR count). The molecule has 263 valence electrons. The second kappa shape index (κ2) is 16.2. The quantitative estimate of drug-likeness (QED) is 0.127. The van der Waals surface area contributed by atoms with E-state index in [1.165, 1.54) is 38.6 Å². The molecule has 5 aromatic carbocycles. The first kappa shape index (κ1) is 36.2. The van der Waals surface area contributed by atoms with E-state index < -0.39 is 0 Å². The second-order valence-electron chi connectivity index (χ2n) is 13.1. The minimum atomic E-state index is 0. The Bertz CT molecular complexity index is 2660. The second-order valence-corrected chi connectivity index (χ2v) is 13.1. The Morgan fingerprint density at radius 3 is 2.06 bits per heavy atom. The van der Waals surface area contributed by atoms with Gasteiger partial charge in [-0.25, -0.2) is 9.97 Å². The molecular weight excluding hydrogens is 839 g/mol. The van der Waals surface area contributed by atoms with E-state index in [0.29, 0.717) is 0 Å². The number of nitrogens with zero attached hydrogens (tertiary/aromatic N) is 5. The Morgan fingerprint density at radius 2 is 1.26 bits per heavy atom. The van der Waals surface area contributed by atoms with Gasteiger partial charge in [-0.05, 0) is 113 Å². The van der Waals surface area contributed by atoms with Crippen LogP contribution in [0.4, 0.5) is 0 Å². The fourth-order valence-corrected chi connectivity index (χ4v) is 6.82. The van der Waals surface area contributed by atoms with Crippen LogP contribution in [0.15, 0.2) is 159 Å². The first-order chi connectivity index (χ1) is 26.0. The number of benzene rings is 5. The van der Waals surface area contributed by atoms with Crippen LogP contribution in [-0.2, 0) is 20.1 Å². The van der Waals surface area contributed by atoms with Crippen molar-refractivity contribution in [1.82, 2.24) is 24.9 Å². The summed E-state index contributed by atoms with van der Waals surface area (Å²) in [7, 11) is 0. The van der Waals surface area contributed by atoms with Gasteiger partial charge < -0.3 is 9.97 Å². The van der Waals surface area contributed by atoms with Crippen molar-refractivity contribution < 1.29 is 20.1 Å². The molecule has 0 saturated heterocycles. The monoisotopic (exact) mass is 874 g/mol. The van der Waals surface area contributed by atoms with E-state index in [9.17, 15) is 0 Å². The number of fused-ring (bicyclic) bond motifs is 3. The van der Waals surface area contributed by atoms with Gasteiger partial charge in [0.1, 0.15) is 6.33 Å². The summed E-state index contributed by atoms with van der Waals surface area (Å²) in [5.41, 5.74) is 15.3. The normalized spacial score (nSPS) is 10.7. The van der Waals surface area contributed by atoms with E-state index >= 15 is 0 Å². The zero-order valence-electron chi connectivity index (χ0n) is 30.1. The molecule has 6 heteroatoms. The van der Waals surface area contributed by atoms with Crippen molar-refractivity contribution >= 4 is 21.7 Å². The summed E-state index contributed by atoms with van der Waals surface area (Å²) in [5.74, 6) is 0. The van der Waals surface area contributed by atoms with Gasteiger partial charge in [-0.1, -0.05) is 48.0 Å². The number of pyridine rings is 3. The summed E-state index contributed by atoms with van der Waals surface area (Å²) in [6.07, 6.45) is 10.8. The molecule has 0 fully saturated rings. The van der Waals surface area contributed by atoms with Crippen LogP contribution in [0.3, 0.4) is 0 Å². The van der Waals surface area contributed by atoms with Gasteiger partial charge in [0.25, 0.3) is 0 Å². The Balaban J connectivity index is 0.000000294. The SMILES string of the molecule is Cc1ccnc(-c2[c-]ccc(-c3cc(-c4cc5ncccc5c5ccc(-c6cncnc6)cc45)c(C)cc3C)c2)c1.[Ir].[c-]1ccccc1-c1ccccn1. The molecule has 0 N–H and O–H groups in total. The summed E-state index contributed by atoms with van der Waals surface area (Å²) in [6, 6.07) is 48.2. The molecule has 0 amide bonds. The van der Waals surface area contributed by atoms with E-state index in [4.69, 9.17) is 4.98 Å². The minimum absolute atomic E-state index is 0. The third-order valence-corrected chi connectivity index (χ3v) is 9.43. The molecule has 0 aliphatic carbocycles. The van der Waals surface area contributed by atoms with Crippen LogP contribution in [0.2, 0.25) is 0 Å². The van der Waals surface area contributed by atoms with Gasteiger partial charge in [0.15, 0.2) is 0 Å². The predicted octanol–water partition coefficient (Wildman–Crippen LogP) is 11.5. The van der Waals surface area contributed by atoms with Crippen LogP contribution in [0, 0.1) is 32.9 Å². The van der Waals surface area contributed by atoms with Gasteiger partial charge in [-0.3, -0.25) is 4.98 Å². The third-order valence-electron chi connectivity index (χ3n) is 9.43. The van der Waals surface area contributed by atoms with Crippen LogP contribution in [0.25, 0.3) is 77.6 Å². The van der Waals surface area contributed by atoms with Crippen molar-refractivity contribution in [1.29, 1.82) is 0 Å². The number of rotatable bonds is 5.